The molecule has 34 heavy (non-hydrogen) atoms. The molecule has 0 radical (unpaired) electrons. The van der Waals surface area contributed by atoms with Crippen molar-refractivity contribution in [3.8, 4) is 11.8 Å². The fourth-order valence-electron chi connectivity index (χ4n) is 3.02. The van der Waals surface area contributed by atoms with Gasteiger partial charge in [0.1, 0.15) is 17.4 Å². The standard InChI is InChI=1S/C26H21Br2N3O3/c1-16-7-9-21(10-8-16)30-26(33)19(14-29)11-18-12-20(27)13-22(28)25(18)34-15-24(32)31-23-6-4-3-5-17(23)2/h3-13H,15H2,1-2H3,(H,30,33)(H,31,32)/b19-11-. The van der Waals surface area contributed by atoms with Crippen LogP contribution in [0.2, 0.25) is 0 Å². The number of carbonyl (C=O) groups is 2. The average Bonchev–Trinajstić information content (AvgIpc) is 2.79. The summed E-state index contributed by atoms with van der Waals surface area (Å²) in [6, 6.07) is 20.1. The summed E-state index contributed by atoms with van der Waals surface area (Å²) in [6.45, 7) is 3.59. The topological polar surface area (TPSA) is 91.2 Å². The summed E-state index contributed by atoms with van der Waals surface area (Å²) < 4.78 is 7.06. The second kappa shape index (κ2) is 11.6. The zero-order valence-corrected chi connectivity index (χ0v) is 21.7. The molecule has 2 amide bonds. The van der Waals surface area contributed by atoms with Crippen LogP contribution in [0.4, 0.5) is 11.4 Å². The number of nitrogens with one attached hydrogen (secondary N) is 2. The molecule has 0 saturated heterocycles. The Kier molecular flexibility index (Phi) is 8.63. The van der Waals surface area contributed by atoms with E-state index >= 15 is 0 Å². The molecule has 0 spiro atoms. The third-order valence-electron chi connectivity index (χ3n) is 4.78. The third-order valence-corrected chi connectivity index (χ3v) is 5.83. The number of ether oxygens (including phenoxy) is 1. The zero-order chi connectivity index (χ0) is 24.7. The highest BCUT2D eigenvalue weighted by Crippen LogP contribution is 2.34. The summed E-state index contributed by atoms with van der Waals surface area (Å²) in [5.41, 5.74) is 3.62. The monoisotopic (exact) mass is 581 g/mol. The van der Waals surface area contributed by atoms with Crippen LogP contribution >= 0.6 is 31.9 Å². The molecule has 8 heteroatoms. The molecular formula is C26H21Br2N3O3. The normalized spacial score (nSPS) is 10.9. The van der Waals surface area contributed by atoms with E-state index in [4.69, 9.17) is 4.74 Å². The van der Waals surface area contributed by atoms with Crippen molar-refractivity contribution in [2.45, 2.75) is 13.8 Å². The number of anilines is 2. The van der Waals surface area contributed by atoms with E-state index in [0.717, 1.165) is 11.1 Å². The van der Waals surface area contributed by atoms with Crippen LogP contribution < -0.4 is 15.4 Å². The van der Waals surface area contributed by atoms with E-state index in [-0.39, 0.29) is 18.1 Å². The van der Waals surface area contributed by atoms with E-state index < -0.39 is 5.91 Å². The molecule has 0 aromatic heterocycles. The first-order valence-electron chi connectivity index (χ1n) is 10.2. The van der Waals surface area contributed by atoms with E-state index in [1.165, 1.54) is 6.08 Å². The van der Waals surface area contributed by atoms with Crippen LogP contribution in [0.15, 0.2) is 75.2 Å². The minimum Gasteiger partial charge on any atom is -0.482 e. The number of halogens is 2. The second-order valence-corrected chi connectivity index (χ2v) is 9.22. The lowest BCUT2D eigenvalue weighted by atomic mass is 10.1. The van der Waals surface area contributed by atoms with Crippen LogP contribution in [0.3, 0.4) is 0 Å². The van der Waals surface area contributed by atoms with E-state index in [1.54, 1.807) is 24.3 Å². The molecule has 0 unspecified atom stereocenters. The molecule has 172 valence electrons. The molecule has 0 atom stereocenters. The Labute approximate surface area is 214 Å². The van der Waals surface area contributed by atoms with E-state index in [1.807, 2.05) is 56.3 Å². The maximum Gasteiger partial charge on any atom is 0.266 e. The van der Waals surface area contributed by atoms with Crippen molar-refractivity contribution in [3.63, 3.8) is 0 Å². The number of para-hydroxylation sites is 1. The van der Waals surface area contributed by atoms with E-state index in [2.05, 4.69) is 42.5 Å². The maximum absolute atomic E-state index is 12.7. The number of nitrogens with zero attached hydrogens (tertiary/aromatic N) is 1. The maximum atomic E-state index is 12.7. The molecule has 3 aromatic carbocycles. The predicted octanol–water partition coefficient (Wildman–Crippen LogP) is 6.39. The van der Waals surface area contributed by atoms with Crippen molar-refractivity contribution < 1.29 is 14.3 Å². The molecule has 3 rings (SSSR count). The molecular weight excluding hydrogens is 562 g/mol. The Morgan fingerprint density at radius 2 is 1.74 bits per heavy atom. The smallest absolute Gasteiger partial charge is 0.266 e. The number of aryl methyl sites for hydroxylation is 2. The number of hydrogen-bond donors (Lipinski definition) is 2. The lowest BCUT2D eigenvalue weighted by Gasteiger charge is -2.13. The SMILES string of the molecule is Cc1ccc(NC(=O)/C(C#N)=C\c2cc(Br)cc(Br)c2OCC(=O)Nc2ccccc2C)cc1. The van der Waals surface area contributed by atoms with Crippen molar-refractivity contribution in [1.29, 1.82) is 5.26 Å². The minimum absolute atomic E-state index is 0.111. The molecule has 3 aromatic rings. The van der Waals surface area contributed by atoms with Gasteiger partial charge in [-0.05, 0) is 71.7 Å². The van der Waals surface area contributed by atoms with Crippen LogP contribution in [0.25, 0.3) is 6.08 Å². The number of carbonyl (C=O) groups excluding carboxylic acids is 2. The van der Waals surface area contributed by atoms with Gasteiger partial charge in [-0.25, -0.2) is 0 Å². The fourth-order valence-corrected chi connectivity index (χ4v) is 4.39. The third kappa shape index (κ3) is 6.80. The second-order valence-electron chi connectivity index (χ2n) is 7.45. The van der Waals surface area contributed by atoms with Crippen molar-refractivity contribution >= 4 is 61.1 Å². The van der Waals surface area contributed by atoms with Gasteiger partial charge in [-0.1, -0.05) is 51.8 Å². The summed E-state index contributed by atoms with van der Waals surface area (Å²) in [6.07, 6.45) is 1.42. The Hall–Kier alpha value is -3.41. The molecule has 0 heterocycles. The van der Waals surface area contributed by atoms with Gasteiger partial charge in [-0.15, -0.1) is 0 Å². The number of hydrogen-bond acceptors (Lipinski definition) is 4. The van der Waals surface area contributed by atoms with Gasteiger partial charge in [0.05, 0.1) is 4.47 Å². The van der Waals surface area contributed by atoms with Gasteiger partial charge in [0.2, 0.25) is 0 Å². The summed E-state index contributed by atoms with van der Waals surface area (Å²) >= 11 is 6.85. The van der Waals surface area contributed by atoms with E-state index in [0.29, 0.717) is 31.6 Å². The Bertz CT molecular complexity index is 1300. The predicted molar refractivity (Wildman–Crippen MR) is 141 cm³/mol. The van der Waals surface area contributed by atoms with Crippen LogP contribution in [0.5, 0.6) is 5.75 Å². The van der Waals surface area contributed by atoms with Gasteiger partial charge in [0, 0.05) is 21.4 Å². The molecule has 0 fully saturated rings. The quantitative estimate of drug-likeness (QED) is 0.249. The van der Waals surface area contributed by atoms with Crippen LogP contribution in [0, 0.1) is 25.2 Å². The molecule has 0 bridgehead atoms. The number of nitriles is 1. The largest absolute Gasteiger partial charge is 0.482 e. The van der Waals surface area contributed by atoms with Crippen molar-refractivity contribution in [3.05, 3.63) is 91.9 Å². The highest BCUT2D eigenvalue weighted by molar-refractivity contribution is 9.11. The van der Waals surface area contributed by atoms with Crippen LogP contribution in [-0.2, 0) is 9.59 Å². The van der Waals surface area contributed by atoms with Gasteiger partial charge < -0.3 is 15.4 Å². The Morgan fingerprint density at radius 1 is 1.03 bits per heavy atom. The first kappa shape index (κ1) is 25.2. The van der Waals surface area contributed by atoms with Gasteiger partial charge in [0.25, 0.3) is 11.8 Å². The molecule has 2 N–H and O–H groups in total. The summed E-state index contributed by atoms with van der Waals surface area (Å²) in [4.78, 5) is 25.1. The molecule has 0 aliphatic rings. The van der Waals surface area contributed by atoms with Gasteiger partial charge in [-0.3, -0.25) is 9.59 Å². The van der Waals surface area contributed by atoms with Crippen LogP contribution in [-0.4, -0.2) is 18.4 Å². The highest BCUT2D eigenvalue weighted by atomic mass is 79.9. The summed E-state index contributed by atoms with van der Waals surface area (Å²) in [7, 11) is 0. The zero-order valence-electron chi connectivity index (χ0n) is 18.5. The Balaban J connectivity index is 1.80. The highest BCUT2D eigenvalue weighted by Gasteiger charge is 2.16. The number of benzene rings is 3. The van der Waals surface area contributed by atoms with Gasteiger partial charge >= 0.3 is 0 Å². The summed E-state index contributed by atoms with van der Waals surface area (Å²) in [5, 5.41) is 15.1. The molecule has 0 aliphatic carbocycles. The van der Waals surface area contributed by atoms with Gasteiger partial charge in [0.15, 0.2) is 6.61 Å². The van der Waals surface area contributed by atoms with Gasteiger partial charge in [-0.2, -0.15) is 5.26 Å². The van der Waals surface area contributed by atoms with Crippen LogP contribution in [0.1, 0.15) is 16.7 Å². The minimum atomic E-state index is -0.550. The fraction of sp³-hybridized carbons (Fsp3) is 0.115. The lowest BCUT2D eigenvalue weighted by Crippen LogP contribution is -2.21. The van der Waals surface area contributed by atoms with Crippen molar-refractivity contribution in [2.75, 3.05) is 17.2 Å². The van der Waals surface area contributed by atoms with E-state index in [9.17, 15) is 14.9 Å². The molecule has 6 nitrogen and oxygen atoms in total. The molecule has 0 aliphatic heterocycles. The average molecular weight is 583 g/mol. The summed E-state index contributed by atoms with van der Waals surface area (Å²) in [5.74, 6) is -0.554. The Morgan fingerprint density at radius 3 is 2.41 bits per heavy atom. The van der Waals surface area contributed by atoms with Crippen molar-refractivity contribution in [1.82, 2.24) is 0 Å². The lowest BCUT2D eigenvalue weighted by molar-refractivity contribution is -0.118. The first-order valence-corrected chi connectivity index (χ1v) is 11.8. The number of rotatable bonds is 7. The molecule has 0 saturated carbocycles. The van der Waals surface area contributed by atoms with Crippen molar-refractivity contribution in [2.24, 2.45) is 0 Å². The first-order chi connectivity index (χ1) is 16.3. The number of amides is 2.